The Morgan fingerprint density at radius 2 is 2.47 bits per heavy atom. The minimum absolute atomic E-state index is 0.189. The lowest BCUT2D eigenvalue weighted by atomic mass is 10.1. The molecule has 84 valence electrons. The number of furan rings is 1. The van der Waals surface area contributed by atoms with Crippen molar-refractivity contribution in [2.75, 3.05) is 6.54 Å². The molecule has 0 aromatic carbocycles. The van der Waals surface area contributed by atoms with E-state index in [1.807, 2.05) is 12.1 Å². The average Bonchev–Trinajstić information content (AvgIpc) is 2.70. The Balaban J connectivity index is 2.26. The molecule has 0 amide bonds. The van der Waals surface area contributed by atoms with Gasteiger partial charge in [0, 0.05) is 6.42 Å². The second kappa shape index (κ2) is 6.24. The van der Waals surface area contributed by atoms with Gasteiger partial charge in [0.1, 0.15) is 5.76 Å². The molecule has 1 atom stereocenters. The van der Waals surface area contributed by atoms with Gasteiger partial charge in [-0.3, -0.25) is 4.79 Å². The fourth-order valence-electron chi connectivity index (χ4n) is 1.45. The van der Waals surface area contributed by atoms with E-state index < -0.39 is 5.97 Å². The largest absolute Gasteiger partial charge is 0.481 e. The first-order chi connectivity index (χ1) is 7.24. The Morgan fingerprint density at radius 3 is 3.00 bits per heavy atom. The maximum absolute atomic E-state index is 10.3. The summed E-state index contributed by atoms with van der Waals surface area (Å²) in [7, 11) is 0. The van der Waals surface area contributed by atoms with Crippen molar-refractivity contribution in [2.45, 2.75) is 32.2 Å². The van der Waals surface area contributed by atoms with Crippen LogP contribution >= 0.6 is 0 Å². The molecule has 0 radical (unpaired) electrons. The van der Waals surface area contributed by atoms with Crippen molar-refractivity contribution in [3.05, 3.63) is 24.2 Å². The van der Waals surface area contributed by atoms with E-state index in [-0.39, 0.29) is 12.5 Å². The van der Waals surface area contributed by atoms with Crippen molar-refractivity contribution >= 4 is 5.97 Å². The SMILES string of the molecule is CCC(NCCCC(=O)O)c1ccco1. The second-order valence-electron chi connectivity index (χ2n) is 3.43. The van der Waals surface area contributed by atoms with Crippen molar-refractivity contribution in [3.8, 4) is 0 Å². The summed E-state index contributed by atoms with van der Waals surface area (Å²) in [5, 5.41) is 11.7. The molecule has 0 aliphatic rings. The number of carboxylic acids is 1. The topological polar surface area (TPSA) is 62.5 Å². The molecule has 0 aliphatic carbocycles. The van der Waals surface area contributed by atoms with E-state index in [1.54, 1.807) is 6.26 Å². The van der Waals surface area contributed by atoms with Crippen LogP contribution in [0.15, 0.2) is 22.8 Å². The van der Waals surface area contributed by atoms with Crippen LogP contribution in [0.1, 0.15) is 38.0 Å². The minimum atomic E-state index is -0.747. The molecule has 0 saturated carbocycles. The molecule has 1 rings (SSSR count). The van der Waals surface area contributed by atoms with Gasteiger partial charge in [-0.25, -0.2) is 0 Å². The van der Waals surface area contributed by atoms with E-state index in [0.29, 0.717) is 13.0 Å². The maximum Gasteiger partial charge on any atom is 0.303 e. The van der Waals surface area contributed by atoms with Crippen LogP contribution in [0, 0.1) is 0 Å². The van der Waals surface area contributed by atoms with Crippen LogP contribution in [-0.2, 0) is 4.79 Å². The zero-order valence-electron chi connectivity index (χ0n) is 8.90. The van der Waals surface area contributed by atoms with Crippen molar-refractivity contribution in [3.63, 3.8) is 0 Å². The van der Waals surface area contributed by atoms with Gasteiger partial charge < -0.3 is 14.8 Å². The summed E-state index contributed by atoms with van der Waals surface area (Å²) in [5.74, 6) is 0.163. The van der Waals surface area contributed by atoms with Crippen LogP contribution in [0.25, 0.3) is 0 Å². The normalized spacial score (nSPS) is 12.6. The highest BCUT2D eigenvalue weighted by Crippen LogP contribution is 2.16. The molecule has 1 unspecified atom stereocenters. The van der Waals surface area contributed by atoms with Crippen LogP contribution < -0.4 is 5.32 Å². The van der Waals surface area contributed by atoms with Gasteiger partial charge in [-0.2, -0.15) is 0 Å². The van der Waals surface area contributed by atoms with Gasteiger partial charge in [0.2, 0.25) is 0 Å². The summed E-state index contributed by atoms with van der Waals surface area (Å²) in [6, 6.07) is 3.98. The van der Waals surface area contributed by atoms with Gasteiger partial charge in [-0.1, -0.05) is 6.92 Å². The summed E-state index contributed by atoms with van der Waals surface area (Å²) >= 11 is 0. The average molecular weight is 211 g/mol. The number of hydrogen-bond donors (Lipinski definition) is 2. The molecule has 4 nitrogen and oxygen atoms in total. The molecule has 15 heavy (non-hydrogen) atoms. The summed E-state index contributed by atoms with van der Waals surface area (Å²) in [5.41, 5.74) is 0. The van der Waals surface area contributed by atoms with Crippen LogP contribution in [0.5, 0.6) is 0 Å². The molecule has 1 aromatic rings. The van der Waals surface area contributed by atoms with Gasteiger partial charge >= 0.3 is 5.97 Å². The minimum Gasteiger partial charge on any atom is -0.481 e. The van der Waals surface area contributed by atoms with Crippen LogP contribution in [0.4, 0.5) is 0 Å². The molecular weight excluding hydrogens is 194 g/mol. The van der Waals surface area contributed by atoms with Crippen molar-refractivity contribution in [1.29, 1.82) is 0 Å². The number of carboxylic acid groups (broad SMARTS) is 1. The highest BCUT2D eigenvalue weighted by molar-refractivity contribution is 5.66. The molecular formula is C11H17NO3. The quantitative estimate of drug-likeness (QED) is 0.678. The van der Waals surface area contributed by atoms with E-state index in [1.165, 1.54) is 0 Å². The highest BCUT2D eigenvalue weighted by Gasteiger charge is 2.10. The summed E-state index contributed by atoms with van der Waals surface area (Å²) in [4.78, 5) is 10.3. The highest BCUT2D eigenvalue weighted by atomic mass is 16.4. The van der Waals surface area contributed by atoms with E-state index >= 15 is 0 Å². The number of rotatable bonds is 7. The fraction of sp³-hybridized carbons (Fsp3) is 0.545. The summed E-state index contributed by atoms with van der Waals surface area (Å²) < 4.78 is 5.29. The molecule has 1 heterocycles. The van der Waals surface area contributed by atoms with Gasteiger partial charge in [-0.15, -0.1) is 0 Å². The Hall–Kier alpha value is -1.29. The number of nitrogens with one attached hydrogen (secondary N) is 1. The van der Waals surface area contributed by atoms with E-state index in [9.17, 15) is 4.79 Å². The zero-order valence-corrected chi connectivity index (χ0v) is 8.90. The number of aliphatic carboxylic acids is 1. The lowest BCUT2D eigenvalue weighted by Gasteiger charge is -2.13. The van der Waals surface area contributed by atoms with E-state index in [2.05, 4.69) is 12.2 Å². The Labute approximate surface area is 89.3 Å². The van der Waals surface area contributed by atoms with Gasteiger partial charge in [-0.05, 0) is 31.5 Å². The molecule has 1 aromatic heterocycles. The van der Waals surface area contributed by atoms with Gasteiger partial charge in [0.05, 0.1) is 12.3 Å². The Kier molecular flexibility index (Phi) is 4.90. The van der Waals surface area contributed by atoms with E-state index in [4.69, 9.17) is 9.52 Å². The first kappa shape index (κ1) is 11.8. The lowest BCUT2D eigenvalue weighted by molar-refractivity contribution is -0.137. The molecule has 0 fully saturated rings. The van der Waals surface area contributed by atoms with Gasteiger partial charge in [0.25, 0.3) is 0 Å². The summed E-state index contributed by atoms with van der Waals surface area (Å²) in [6.07, 6.45) is 3.44. The predicted molar refractivity (Wildman–Crippen MR) is 56.6 cm³/mol. The third kappa shape index (κ3) is 4.16. The smallest absolute Gasteiger partial charge is 0.303 e. The first-order valence-electron chi connectivity index (χ1n) is 5.22. The predicted octanol–water partition coefficient (Wildman–Crippen LogP) is 2.19. The standard InChI is InChI=1S/C11H17NO3/c1-2-9(10-5-4-8-15-10)12-7-3-6-11(13)14/h4-5,8-9,12H,2-3,6-7H2,1H3,(H,13,14). The zero-order chi connectivity index (χ0) is 11.1. The van der Waals surface area contributed by atoms with Crippen LogP contribution in [-0.4, -0.2) is 17.6 Å². The third-order valence-electron chi connectivity index (χ3n) is 2.25. The Morgan fingerprint density at radius 1 is 1.67 bits per heavy atom. The second-order valence-corrected chi connectivity index (χ2v) is 3.43. The third-order valence-corrected chi connectivity index (χ3v) is 2.25. The molecule has 2 N–H and O–H groups in total. The maximum atomic E-state index is 10.3. The number of carbonyl (C=O) groups is 1. The van der Waals surface area contributed by atoms with Crippen LogP contribution in [0.3, 0.4) is 0 Å². The van der Waals surface area contributed by atoms with Crippen molar-refractivity contribution in [2.24, 2.45) is 0 Å². The van der Waals surface area contributed by atoms with Crippen LogP contribution in [0.2, 0.25) is 0 Å². The molecule has 4 heteroatoms. The number of hydrogen-bond acceptors (Lipinski definition) is 3. The Bertz CT molecular complexity index is 282. The monoisotopic (exact) mass is 211 g/mol. The molecule has 0 saturated heterocycles. The molecule has 0 bridgehead atoms. The van der Waals surface area contributed by atoms with Crippen molar-refractivity contribution < 1.29 is 14.3 Å². The molecule has 0 aliphatic heterocycles. The lowest BCUT2D eigenvalue weighted by Crippen LogP contribution is -2.22. The van der Waals surface area contributed by atoms with Gasteiger partial charge in [0.15, 0.2) is 0 Å². The van der Waals surface area contributed by atoms with E-state index in [0.717, 1.165) is 12.2 Å². The first-order valence-corrected chi connectivity index (χ1v) is 5.22. The fourth-order valence-corrected chi connectivity index (χ4v) is 1.45. The summed E-state index contributed by atoms with van der Waals surface area (Å²) in [6.45, 7) is 2.77. The molecule has 0 spiro atoms. The van der Waals surface area contributed by atoms with Crippen molar-refractivity contribution in [1.82, 2.24) is 5.32 Å².